The molecule has 3 aromatic rings. The average Bonchev–Trinajstić information content (AvgIpc) is 2.72. The van der Waals surface area contributed by atoms with Crippen LogP contribution in [0.1, 0.15) is 27.0 Å². The van der Waals surface area contributed by atoms with E-state index >= 15 is 0 Å². The Morgan fingerprint density at radius 2 is 1.76 bits per heavy atom. The number of anilines is 1. The quantitative estimate of drug-likeness (QED) is 0.458. The number of ether oxygens (including phenoxy) is 2. The molecule has 5 nitrogen and oxygen atoms in total. The lowest BCUT2D eigenvalue weighted by molar-refractivity contribution is 0.0697. The van der Waals surface area contributed by atoms with Gasteiger partial charge >= 0.3 is 5.97 Å². The number of carboxylic acids is 1. The van der Waals surface area contributed by atoms with Gasteiger partial charge in [0.15, 0.2) is 11.5 Å². The van der Waals surface area contributed by atoms with Crippen LogP contribution in [0.5, 0.6) is 11.5 Å². The number of aromatic carboxylic acids is 1. The van der Waals surface area contributed by atoms with Gasteiger partial charge in [-0.15, -0.1) is 0 Å². The van der Waals surface area contributed by atoms with Crippen LogP contribution in [-0.4, -0.2) is 18.2 Å². The number of rotatable bonds is 8. The van der Waals surface area contributed by atoms with Gasteiger partial charge in [0.2, 0.25) is 0 Å². The Labute approximate surface area is 178 Å². The molecule has 0 unspecified atom stereocenters. The summed E-state index contributed by atoms with van der Waals surface area (Å²) < 4.78 is 12.4. The Hall–Kier alpha value is -2.99. The molecule has 0 heterocycles. The number of carboxylic acid groups (broad SMARTS) is 1. The molecule has 3 aromatic carbocycles. The summed E-state index contributed by atoms with van der Waals surface area (Å²) in [5, 5.41) is 12.3. The predicted molar refractivity (Wildman–Crippen MR) is 117 cm³/mol. The molecule has 0 spiro atoms. The minimum absolute atomic E-state index is 0.258. The van der Waals surface area contributed by atoms with E-state index < -0.39 is 5.97 Å². The van der Waals surface area contributed by atoms with Gasteiger partial charge in [0.25, 0.3) is 0 Å². The van der Waals surface area contributed by atoms with Crippen molar-refractivity contribution in [2.75, 3.05) is 12.4 Å². The SMILES string of the molecule is COc1cc(CNc2ccc(C(=O)O)cc2)c(Br)cc1OCc1ccccc1C. The molecule has 3 rings (SSSR count). The van der Waals surface area contributed by atoms with Crippen LogP contribution in [0.15, 0.2) is 65.1 Å². The highest BCUT2D eigenvalue weighted by Crippen LogP contribution is 2.34. The first-order valence-corrected chi connectivity index (χ1v) is 9.88. The lowest BCUT2D eigenvalue weighted by atomic mass is 10.1. The van der Waals surface area contributed by atoms with Gasteiger partial charge in [-0.25, -0.2) is 4.79 Å². The van der Waals surface area contributed by atoms with Crippen LogP contribution >= 0.6 is 15.9 Å². The number of methoxy groups -OCH3 is 1. The maximum atomic E-state index is 10.9. The lowest BCUT2D eigenvalue weighted by Gasteiger charge is -2.15. The van der Waals surface area contributed by atoms with E-state index in [2.05, 4.69) is 34.2 Å². The molecule has 0 bridgehead atoms. The summed E-state index contributed by atoms with van der Waals surface area (Å²) in [5.41, 5.74) is 4.39. The molecule has 0 aliphatic rings. The van der Waals surface area contributed by atoms with Gasteiger partial charge in [0, 0.05) is 16.7 Å². The maximum Gasteiger partial charge on any atom is 0.335 e. The van der Waals surface area contributed by atoms with Crippen molar-refractivity contribution in [3.8, 4) is 11.5 Å². The van der Waals surface area contributed by atoms with Crippen LogP contribution in [0.4, 0.5) is 5.69 Å². The number of hydrogen-bond acceptors (Lipinski definition) is 4. The summed E-state index contributed by atoms with van der Waals surface area (Å²) in [5.74, 6) is 0.377. The van der Waals surface area contributed by atoms with Gasteiger partial charge in [-0.05, 0) is 60.0 Å². The summed E-state index contributed by atoms with van der Waals surface area (Å²) >= 11 is 3.60. The van der Waals surface area contributed by atoms with Crippen LogP contribution in [0.2, 0.25) is 0 Å². The Balaban J connectivity index is 1.70. The molecule has 0 aliphatic heterocycles. The van der Waals surface area contributed by atoms with E-state index in [0.29, 0.717) is 24.7 Å². The monoisotopic (exact) mass is 455 g/mol. The van der Waals surface area contributed by atoms with Crippen LogP contribution in [0, 0.1) is 6.92 Å². The number of hydrogen-bond donors (Lipinski definition) is 2. The fourth-order valence-electron chi connectivity index (χ4n) is 2.84. The van der Waals surface area contributed by atoms with E-state index in [1.54, 1.807) is 31.4 Å². The van der Waals surface area contributed by atoms with Gasteiger partial charge in [0.05, 0.1) is 12.7 Å². The molecule has 0 amide bonds. The molecule has 0 saturated heterocycles. The van der Waals surface area contributed by atoms with E-state index in [1.165, 1.54) is 5.56 Å². The van der Waals surface area contributed by atoms with E-state index in [9.17, 15) is 4.79 Å². The highest BCUT2D eigenvalue weighted by atomic mass is 79.9. The van der Waals surface area contributed by atoms with Crippen molar-refractivity contribution < 1.29 is 19.4 Å². The smallest absolute Gasteiger partial charge is 0.335 e. The fourth-order valence-corrected chi connectivity index (χ4v) is 3.30. The first-order chi connectivity index (χ1) is 14.0. The zero-order chi connectivity index (χ0) is 20.8. The number of halogens is 1. The summed E-state index contributed by atoms with van der Waals surface area (Å²) in [6.45, 7) is 3.06. The van der Waals surface area contributed by atoms with Gasteiger partial charge in [-0.3, -0.25) is 0 Å². The maximum absolute atomic E-state index is 10.9. The number of benzene rings is 3. The second kappa shape index (κ2) is 9.47. The van der Waals surface area contributed by atoms with Gasteiger partial charge in [-0.2, -0.15) is 0 Å². The highest BCUT2D eigenvalue weighted by molar-refractivity contribution is 9.10. The number of carbonyl (C=O) groups is 1. The molecular formula is C23H22BrNO4. The van der Waals surface area contributed by atoms with Crippen LogP contribution in [-0.2, 0) is 13.2 Å². The summed E-state index contributed by atoms with van der Waals surface area (Å²) in [4.78, 5) is 10.9. The van der Waals surface area contributed by atoms with E-state index in [4.69, 9.17) is 14.6 Å². The molecule has 0 aliphatic carbocycles. The average molecular weight is 456 g/mol. The molecule has 2 N–H and O–H groups in total. The summed E-state index contributed by atoms with van der Waals surface area (Å²) in [7, 11) is 1.62. The summed E-state index contributed by atoms with van der Waals surface area (Å²) in [6.07, 6.45) is 0. The van der Waals surface area contributed by atoms with E-state index in [-0.39, 0.29) is 5.56 Å². The molecule has 0 atom stereocenters. The first kappa shape index (κ1) is 20.7. The minimum atomic E-state index is -0.940. The Morgan fingerprint density at radius 1 is 1.03 bits per heavy atom. The minimum Gasteiger partial charge on any atom is -0.493 e. The first-order valence-electron chi connectivity index (χ1n) is 9.09. The van der Waals surface area contributed by atoms with Gasteiger partial charge in [-0.1, -0.05) is 40.2 Å². The second-order valence-corrected chi connectivity index (χ2v) is 7.40. The number of nitrogens with one attached hydrogen (secondary N) is 1. The van der Waals surface area contributed by atoms with Gasteiger partial charge in [0.1, 0.15) is 6.61 Å². The zero-order valence-corrected chi connectivity index (χ0v) is 17.8. The fraction of sp³-hybridized carbons (Fsp3) is 0.174. The molecular weight excluding hydrogens is 434 g/mol. The number of aryl methyl sites for hydroxylation is 1. The standard InChI is InChI=1S/C23H22BrNO4/c1-15-5-3-4-6-17(15)14-29-22-12-20(24)18(11-21(22)28-2)13-25-19-9-7-16(8-10-19)23(26)27/h3-12,25H,13-14H2,1-2H3,(H,26,27). The molecule has 0 fully saturated rings. The summed E-state index contributed by atoms with van der Waals surface area (Å²) in [6, 6.07) is 18.6. The molecule has 29 heavy (non-hydrogen) atoms. The van der Waals surface area contributed by atoms with Crippen molar-refractivity contribution in [3.05, 3.63) is 87.4 Å². The molecule has 6 heteroatoms. The van der Waals surface area contributed by atoms with Crippen molar-refractivity contribution in [2.45, 2.75) is 20.1 Å². The Kier molecular flexibility index (Phi) is 6.77. The van der Waals surface area contributed by atoms with Crippen molar-refractivity contribution in [2.24, 2.45) is 0 Å². The third-order valence-corrected chi connectivity index (χ3v) is 5.33. The predicted octanol–water partition coefficient (Wildman–Crippen LogP) is 5.66. The van der Waals surface area contributed by atoms with E-state index in [1.807, 2.05) is 30.3 Å². The molecule has 0 aromatic heterocycles. The Bertz CT molecular complexity index is 1000. The zero-order valence-electron chi connectivity index (χ0n) is 16.2. The topological polar surface area (TPSA) is 67.8 Å². The molecule has 0 radical (unpaired) electrons. The van der Waals surface area contributed by atoms with Crippen molar-refractivity contribution in [1.82, 2.24) is 0 Å². The highest BCUT2D eigenvalue weighted by Gasteiger charge is 2.11. The van der Waals surface area contributed by atoms with Crippen LogP contribution < -0.4 is 14.8 Å². The lowest BCUT2D eigenvalue weighted by Crippen LogP contribution is -2.04. The molecule has 150 valence electrons. The van der Waals surface area contributed by atoms with Crippen LogP contribution in [0.3, 0.4) is 0 Å². The molecule has 0 saturated carbocycles. The Morgan fingerprint density at radius 3 is 2.41 bits per heavy atom. The largest absolute Gasteiger partial charge is 0.493 e. The normalized spacial score (nSPS) is 10.4. The van der Waals surface area contributed by atoms with Crippen molar-refractivity contribution in [1.29, 1.82) is 0 Å². The third kappa shape index (κ3) is 5.29. The third-order valence-electron chi connectivity index (χ3n) is 4.59. The second-order valence-electron chi connectivity index (χ2n) is 6.55. The van der Waals surface area contributed by atoms with Gasteiger partial charge < -0.3 is 19.9 Å². The van der Waals surface area contributed by atoms with Crippen LogP contribution in [0.25, 0.3) is 0 Å². The van der Waals surface area contributed by atoms with Crippen molar-refractivity contribution in [3.63, 3.8) is 0 Å². The van der Waals surface area contributed by atoms with E-state index in [0.717, 1.165) is 21.3 Å². The van der Waals surface area contributed by atoms with Crippen molar-refractivity contribution >= 4 is 27.6 Å².